The Kier molecular flexibility index (Phi) is 4.10. The standard InChI is InChI=1S/C13H16FNO4S/c1-9-6-10(13(16)17)8-15(7-9)20(18,19)12-4-2-11(14)3-5-12/h2-5,9-10H,6-8H2,1H3,(H,16,17). The van der Waals surface area contributed by atoms with Gasteiger partial charge in [0.2, 0.25) is 10.0 Å². The van der Waals surface area contributed by atoms with E-state index in [-0.39, 0.29) is 23.9 Å². The molecule has 2 rings (SSSR count). The lowest BCUT2D eigenvalue weighted by molar-refractivity contribution is -0.143. The predicted molar refractivity (Wildman–Crippen MR) is 70.1 cm³/mol. The molecular weight excluding hydrogens is 285 g/mol. The molecule has 1 aliphatic rings. The number of benzene rings is 1. The van der Waals surface area contributed by atoms with Crippen molar-refractivity contribution in [2.75, 3.05) is 13.1 Å². The molecule has 1 fully saturated rings. The maximum atomic E-state index is 12.9. The zero-order valence-corrected chi connectivity index (χ0v) is 11.8. The molecule has 0 aromatic heterocycles. The number of aliphatic carboxylic acids is 1. The number of halogens is 1. The number of nitrogens with zero attached hydrogens (tertiary/aromatic N) is 1. The second-order valence-corrected chi connectivity index (χ2v) is 7.09. The summed E-state index contributed by atoms with van der Waals surface area (Å²) in [5.41, 5.74) is 0. The normalized spacial score (nSPS) is 24.5. The number of hydrogen-bond donors (Lipinski definition) is 1. The van der Waals surface area contributed by atoms with Crippen molar-refractivity contribution in [2.45, 2.75) is 18.2 Å². The van der Waals surface area contributed by atoms with Gasteiger partial charge in [0.1, 0.15) is 5.82 Å². The number of sulfonamides is 1. The maximum Gasteiger partial charge on any atom is 0.307 e. The highest BCUT2D eigenvalue weighted by molar-refractivity contribution is 7.89. The van der Waals surface area contributed by atoms with Crippen molar-refractivity contribution in [2.24, 2.45) is 11.8 Å². The van der Waals surface area contributed by atoms with Crippen molar-refractivity contribution in [1.82, 2.24) is 4.31 Å². The third kappa shape index (κ3) is 2.99. The van der Waals surface area contributed by atoms with E-state index < -0.39 is 27.7 Å². The number of rotatable bonds is 3. The summed E-state index contributed by atoms with van der Waals surface area (Å²) in [5.74, 6) is -2.23. The molecule has 1 aromatic rings. The van der Waals surface area contributed by atoms with E-state index >= 15 is 0 Å². The van der Waals surface area contributed by atoms with Crippen molar-refractivity contribution in [3.8, 4) is 0 Å². The van der Waals surface area contributed by atoms with E-state index in [9.17, 15) is 17.6 Å². The first-order chi connectivity index (χ1) is 9.30. The van der Waals surface area contributed by atoms with Gasteiger partial charge in [-0.3, -0.25) is 4.79 Å². The van der Waals surface area contributed by atoms with Crippen LogP contribution in [0.25, 0.3) is 0 Å². The van der Waals surface area contributed by atoms with Crippen molar-refractivity contribution < 1.29 is 22.7 Å². The topological polar surface area (TPSA) is 74.7 Å². The minimum Gasteiger partial charge on any atom is -0.481 e. The SMILES string of the molecule is CC1CC(C(=O)O)CN(S(=O)(=O)c2ccc(F)cc2)C1. The summed E-state index contributed by atoms with van der Waals surface area (Å²) >= 11 is 0. The van der Waals surface area contributed by atoms with Gasteiger partial charge in [0, 0.05) is 13.1 Å². The Labute approximate surface area is 117 Å². The summed E-state index contributed by atoms with van der Waals surface area (Å²) in [6.45, 7) is 2.06. The lowest BCUT2D eigenvalue weighted by atomic mass is 9.92. The summed E-state index contributed by atoms with van der Waals surface area (Å²) < 4.78 is 38.9. The molecule has 0 saturated carbocycles. The quantitative estimate of drug-likeness (QED) is 0.919. The van der Waals surface area contributed by atoms with Crippen LogP contribution in [0.3, 0.4) is 0 Å². The Morgan fingerprint density at radius 3 is 2.45 bits per heavy atom. The fraction of sp³-hybridized carbons (Fsp3) is 0.462. The van der Waals surface area contributed by atoms with Crippen LogP contribution >= 0.6 is 0 Å². The minimum absolute atomic E-state index is 0.0165. The zero-order valence-electron chi connectivity index (χ0n) is 11.0. The molecule has 0 spiro atoms. The van der Waals surface area contributed by atoms with Crippen LogP contribution in [0.1, 0.15) is 13.3 Å². The van der Waals surface area contributed by atoms with Gasteiger partial charge in [-0.1, -0.05) is 6.92 Å². The van der Waals surface area contributed by atoms with E-state index in [4.69, 9.17) is 5.11 Å². The largest absolute Gasteiger partial charge is 0.481 e. The second kappa shape index (κ2) is 5.49. The molecule has 0 bridgehead atoms. The molecule has 20 heavy (non-hydrogen) atoms. The zero-order chi connectivity index (χ0) is 14.9. The maximum absolute atomic E-state index is 12.9. The predicted octanol–water partition coefficient (Wildman–Crippen LogP) is 1.56. The second-order valence-electron chi connectivity index (χ2n) is 5.15. The monoisotopic (exact) mass is 301 g/mol. The van der Waals surface area contributed by atoms with Gasteiger partial charge in [-0.25, -0.2) is 12.8 Å². The molecule has 1 N–H and O–H groups in total. The van der Waals surface area contributed by atoms with Crippen LogP contribution in [-0.4, -0.2) is 36.9 Å². The Morgan fingerprint density at radius 2 is 1.90 bits per heavy atom. The summed E-state index contributed by atoms with van der Waals surface area (Å²) in [7, 11) is -3.77. The molecule has 1 aromatic carbocycles. The van der Waals surface area contributed by atoms with Gasteiger partial charge in [-0.2, -0.15) is 4.31 Å². The lowest BCUT2D eigenvalue weighted by Crippen LogP contribution is -2.45. The summed E-state index contributed by atoms with van der Waals surface area (Å²) in [4.78, 5) is 11.1. The van der Waals surface area contributed by atoms with Crippen molar-refractivity contribution in [3.63, 3.8) is 0 Å². The number of carbonyl (C=O) groups is 1. The van der Waals surface area contributed by atoms with E-state index in [1.165, 1.54) is 16.4 Å². The molecule has 1 saturated heterocycles. The number of piperidine rings is 1. The van der Waals surface area contributed by atoms with E-state index in [1.807, 2.05) is 6.92 Å². The first-order valence-electron chi connectivity index (χ1n) is 6.29. The fourth-order valence-electron chi connectivity index (χ4n) is 2.43. The van der Waals surface area contributed by atoms with E-state index in [2.05, 4.69) is 0 Å². The van der Waals surface area contributed by atoms with Crippen molar-refractivity contribution in [3.05, 3.63) is 30.1 Å². The molecule has 5 nitrogen and oxygen atoms in total. The van der Waals surface area contributed by atoms with E-state index in [0.29, 0.717) is 6.42 Å². The van der Waals surface area contributed by atoms with Gasteiger partial charge in [-0.15, -0.1) is 0 Å². The van der Waals surface area contributed by atoms with E-state index in [0.717, 1.165) is 12.1 Å². The van der Waals surface area contributed by atoms with Gasteiger partial charge in [-0.05, 0) is 36.6 Å². The van der Waals surface area contributed by atoms with Crippen LogP contribution < -0.4 is 0 Å². The van der Waals surface area contributed by atoms with Gasteiger partial charge < -0.3 is 5.11 Å². The summed E-state index contributed by atoms with van der Waals surface area (Å²) in [5, 5.41) is 9.08. The number of carboxylic acid groups (broad SMARTS) is 1. The van der Waals surface area contributed by atoms with Crippen LogP contribution in [0.4, 0.5) is 4.39 Å². The fourth-order valence-corrected chi connectivity index (χ4v) is 4.04. The minimum atomic E-state index is -3.77. The molecule has 7 heteroatoms. The van der Waals surface area contributed by atoms with Crippen molar-refractivity contribution in [1.29, 1.82) is 0 Å². The van der Waals surface area contributed by atoms with Crippen LogP contribution in [0.15, 0.2) is 29.2 Å². The first-order valence-corrected chi connectivity index (χ1v) is 7.73. The van der Waals surface area contributed by atoms with Gasteiger partial charge in [0.15, 0.2) is 0 Å². The third-order valence-corrected chi connectivity index (χ3v) is 5.27. The molecule has 1 aliphatic heterocycles. The van der Waals surface area contributed by atoms with Crippen LogP contribution in [0.2, 0.25) is 0 Å². The number of hydrogen-bond acceptors (Lipinski definition) is 3. The number of carboxylic acids is 1. The van der Waals surface area contributed by atoms with Crippen LogP contribution in [-0.2, 0) is 14.8 Å². The highest BCUT2D eigenvalue weighted by Gasteiger charge is 2.36. The van der Waals surface area contributed by atoms with Crippen molar-refractivity contribution >= 4 is 16.0 Å². The van der Waals surface area contributed by atoms with Crippen LogP contribution in [0.5, 0.6) is 0 Å². The molecule has 110 valence electrons. The molecule has 2 atom stereocenters. The third-order valence-electron chi connectivity index (χ3n) is 3.43. The van der Waals surface area contributed by atoms with Gasteiger partial charge >= 0.3 is 5.97 Å². The first kappa shape index (κ1) is 14.9. The van der Waals surface area contributed by atoms with Gasteiger partial charge in [0.05, 0.1) is 10.8 Å². The Bertz CT molecular complexity index is 599. The molecule has 0 radical (unpaired) electrons. The summed E-state index contributed by atoms with van der Waals surface area (Å²) in [6, 6.07) is 4.54. The Morgan fingerprint density at radius 1 is 1.30 bits per heavy atom. The molecule has 2 unspecified atom stereocenters. The molecule has 1 heterocycles. The molecule has 0 aliphatic carbocycles. The Hall–Kier alpha value is -1.47. The van der Waals surface area contributed by atoms with Crippen LogP contribution in [0, 0.1) is 17.7 Å². The van der Waals surface area contributed by atoms with Gasteiger partial charge in [0.25, 0.3) is 0 Å². The highest BCUT2D eigenvalue weighted by atomic mass is 32.2. The smallest absolute Gasteiger partial charge is 0.307 e. The average Bonchev–Trinajstić information content (AvgIpc) is 2.38. The molecule has 0 amide bonds. The average molecular weight is 301 g/mol. The van der Waals surface area contributed by atoms with E-state index in [1.54, 1.807) is 0 Å². The lowest BCUT2D eigenvalue weighted by Gasteiger charge is -2.33. The molecular formula is C13H16FNO4S. The Balaban J connectivity index is 2.28. The summed E-state index contributed by atoms with van der Waals surface area (Å²) in [6.07, 6.45) is 0.463. The highest BCUT2D eigenvalue weighted by Crippen LogP contribution is 2.27.